The van der Waals surface area contributed by atoms with Crippen LogP contribution in [0.2, 0.25) is 0 Å². The van der Waals surface area contributed by atoms with Crippen molar-refractivity contribution in [3.05, 3.63) is 18.3 Å². The van der Waals surface area contributed by atoms with Crippen molar-refractivity contribution >= 4 is 9.84 Å². The van der Waals surface area contributed by atoms with Crippen LogP contribution in [-0.2, 0) is 14.6 Å². The lowest BCUT2D eigenvalue weighted by Gasteiger charge is -2.06. The van der Waals surface area contributed by atoms with E-state index in [1.165, 1.54) is 0 Å². The van der Waals surface area contributed by atoms with Gasteiger partial charge in [0.05, 0.1) is 11.9 Å². The van der Waals surface area contributed by atoms with Crippen LogP contribution in [0, 0.1) is 0 Å². The molecule has 0 aromatic carbocycles. The van der Waals surface area contributed by atoms with E-state index in [2.05, 4.69) is 4.98 Å². The van der Waals surface area contributed by atoms with Gasteiger partial charge in [-0.15, -0.1) is 0 Å². The van der Waals surface area contributed by atoms with Crippen LogP contribution in [0.15, 0.2) is 23.4 Å². The molecule has 1 atom stereocenters. The predicted molar refractivity (Wildman–Crippen MR) is 47.2 cm³/mol. The van der Waals surface area contributed by atoms with Gasteiger partial charge in [-0.05, 0) is 18.6 Å². The molecule has 0 amide bonds. The Kier molecular flexibility index (Phi) is 2.13. The molecule has 1 aliphatic heterocycles. The average molecular weight is 201 g/mol. The summed E-state index contributed by atoms with van der Waals surface area (Å²) in [5.74, 6) is 0. The molecule has 1 aliphatic rings. The van der Waals surface area contributed by atoms with Gasteiger partial charge in [0.2, 0.25) is 0 Å². The summed E-state index contributed by atoms with van der Waals surface area (Å²) in [6.45, 7) is 0.867. The van der Waals surface area contributed by atoms with Crippen LogP contribution in [0.25, 0.3) is 0 Å². The third-order valence-electron chi connectivity index (χ3n) is 2.20. The zero-order valence-corrected chi connectivity index (χ0v) is 7.88. The van der Waals surface area contributed by atoms with Gasteiger partial charge in [0, 0.05) is 12.8 Å². The minimum absolute atomic E-state index is 0.294. The number of hydrogen-bond acceptors (Lipinski definition) is 3. The summed E-state index contributed by atoms with van der Waals surface area (Å²) in [6, 6.07) is 3.26. The fourth-order valence-corrected chi connectivity index (χ4v) is 2.97. The first kappa shape index (κ1) is 8.77. The summed E-state index contributed by atoms with van der Waals surface area (Å²) in [5.41, 5.74) is 0. The van der Waals surface area contributed by atoms with Crippen LogP contribution < -0.4 is 0 Å². The molecule has 0 radical (unpaired) electrons. The lowest BCUT2D eigenvalue weighted by Crippen LogP contribution is -2.21. The van der Waals surface area contributed by atoms with E-state index in [1.54, 1.807) is 18.3 Å². The summed E-state index contributed by atoms with van der Waals surface area (Å²) in [4.78, 5) is 2.71. The molecule has 1 fully saturated rings. The second-order valence-corrected chi connectivity index (χ2v) is 5.26. The number of rotatable bonds is 2. The van der Waals surface area contributed by atoms with E-state index in [9.17, 15) is 8.42 Å². The van der Waals surface area contributed by atoms with Crippen LogP contribution in [0.5, 0.6) is 0 Å². The van der Waals surface area contributed by atoms with Crippen LogP contribution in [0.4, 0.5) is 0 Å². The Hall–Kier alpha value is -0.810. The van der Waals surface area contributed by atoms with Crippen molar-refractivity contribution in [2.24, 2.45) is 0 Å². The van der Waals surface area contributed by atoms with Crippen molar-refractivity contribution in [1.29, 1.82) is 0 Å². The Bertz CT molecular complexity index is 362. The Morgan fingerprint density at radius 2 is 2.38 bits per heavy atom. The van der Waals surface area contributed by atoms with Crippen LogP contribution in [0.3, 0.4) is 0 Å². The summed E-state index contributed by atoms with van der Waals surface area (Å²) in [7, 11) is -3.18. The molecule has 0 unspecified atom stereocenters. The predicted octanol–water partition coefficient (Wildman–Crippen LogP) is 0.577. The number of aromatic amines is 1. The van der Waals surface area contributed by atoms with Crippen molar-refractivity contribution < 1.29 is 13.2 Å². The van der Waals surface area contributed by atoms with Gasteiger partial charge in [0.15, 0.2) is 9.84 Å². The van der Waals surface area contributed by atoms with Crippen LogP contribution >= 0.6 is 0 Å². The van der Waals surface area contributed by atoms with E-state index in [0.717, 1.165) is 0 Å². The Balaban J connectivity index is 2.30. The SMILES string of the molecule is O=S(=O)(c1ccc[nH]1)[C@H]1CCOC1. The second kappa shape index (κ2) is 3.16. The van der Waals surface area contributed by atoms with Crippen molar-refractivity contribution in [1.82, 2.24) is 4.98 Å². The third-order valence-corrected chi connectivity index (χ3v) is 4.32. The van der Waals surface area contributed by atoms with E-state index in [0.29, 0.717) is 24.7 Å². The molecule has 0 aliphatic carbocycles. The molecular formula is C8H11NO3S. The first-order chi connectivity index (χ1) is 6.21. The van der Waals surface area contributed by atoms with Gasteiger partial charge in [-0.3, -0.25) is 0 Å². The molecule has 1 aromatic rings. The van der Waals surface area contributed by atoms with E-state index >= 15 is 0 Å². The quantitative estimate of drug-likeness (QED) is 0.761. The first-order valence-corrected chi connectivity index (χ1v) is 5.71. The Morgan fingerprint density at radius 3 is 2.92 bits per heavy atom. The molecule has 5 heteroatoms. The zero-order chi connectivity index (χ0) is 9.31. The monoisotopic (exact) mass is 201 g/mol. The molecule has 72 valence electrons. The molecule has 1 saturated heterocycles. The molecule has 0 spiro atoms. The summed E-state index contributed by atoms with van der Waals surface area (Å²) >= 11 is 0. The van der Waals surface area contributed by atoms with E-state index in [-0.39, 0.29) is 5.25 Å². The number of ether oxygens (including phenoxy) is 1. The van der Waals surface area contributed by atoms with E-state index in [4.69, 9.17) is 4.74 Å². The molecular weight excluding hydrogens is 190 g/mol. The highest BCUT2D eigenvalue weighted by Crippen LogP contribution is 2.20. The van der Waals surface area contributed by atoms with E-state index < -0.39 is 9.84 Å². The number of aromatic nitrogens is 1. The van der Waals surface area contributed by atoms with Crippen LogP contribution in [0.1, 0.15) is 6.42 Å². The van der Waals surface area contributed by atoms with Gasteiger partial charge in [-0.2, -0.15) is 0 Å². The van der Waals surface area contributed by atoms with Crippen molar-refractivity contribution in [3.8, 4) is 0 Å². The molecule has 0 bridgehead atoms. The minimum atomic E-state index is -3.18. The van der Waals surface area contributed by atoms with Gasteiger partial charge in [-0.1, -0.05) is 0 Å². The topological polar surface area (TPSA) is 59.2 Å². The second-order valence-electron chi connectivity index (χ2n) is 3.06. The highest BCUT2D eigenvalue weighted by Gasteiger charge is 2.31. The highest BCUT2D eigenvalue weighted by molar-refractivity contribution is 7.92. The highest BCUT2D eigenvalue weighted by atomic mass is 32.2. The van der Waals surface area contributed by atoms with Gasteiger partial charge in [-0.25, -0.2) is 8.42 Å². The standard InChI is InChI=1S/C8H11NO3S/c10-13(11,7-3-5-12-6-7)8-2-1-4-9-8/h1-2,4,7,9H,3,5-6H2/t7-/m0/s1. The molecule has 2 heterocycles. The molecule has 0 saturated carbocycles. The average Bonchev–Trinajstić information content (AvgIpc) is 2.78. The van der Waals surface area contributed by atoms with Gasteiger partial charge in [0.25, 0.3) is 0 Å². The molecule has 1 aromatic heterocycles. The number of nitrogens with one attached hydrogen (secondary N) is 1. The summed E-state index contributed by atoms with van der Waals surface area (Å²) in [6.07, 6.45) is 2.21. The lowest BCUT2D eigenvalue weighted by atomic mass is 10.4. The van der Waals surface area contributed by atoms with Crippen molar-refractivity contribution in [2.45, 2.75) is 16.7 Å². The number of sulfone groups is 1. The molecule has 4 nitrogen and oxygen atoms in total. The van der Waals surface area contributed by atoms with Gasteiger partial charge in [0.1, 0.15) is 5.03 Å². The van der Waals surface area contributed by atoms with Gasteiger partial charge >= 0.3 is 0 Å². The maximum Gasteiger partial charge on any atom is 0.198 e. The van der Waals surface area contributed by atoms with Crippen LogP contribution in [-0.4, -0.2) is 31.9 Å². The van der Waals surface area contributed by atoms with E-state index in [1.807, 2.05) is 0 Å². The zero-order valence-electron chi connectivity index (χ0n) is 7.06. The largest absolute Gasteiger partial charge is 0.380 e. The number of H-pyrrole nitrogens is 1. The smallest absolute Gasteiger partial charge is 0.198 e. The summed E-state index contributed by atoms with van der Waals surface area (Å²) < 4.78 is 28.6. The maximum atomic E-state index is 11.8. The molecule has 2 rings (SSSR count). The third kappa shape index (κ3) is 1.49. The first-order valence-electron chi connectivity index (χ1n) is 4.16. The van der Waals surface area contributed by atoms with Crippen molar-refractivity contribution in [2.75, 3.05) is 13.2 Å². The van der Waals surface area contributed by atoms with Crippen molar-refractivity contribution in [3.63, 3.8) is 0 Å². The number of hydrogen-bond donors (Lipinski definition) is 1. The molecule has 1 N–H and O–H groups in total. The maximum absolute atomic E-state index is 11.8. The fraction of sp³-hybridized carbons (Fsp3) is 0.500. The fourth-order valence-electron chi connectivity index (χ4n) is 1.43. The Morgan fingerprint density at radius 1 is 1.54 bits per heavy atom. The minimum Gasteiger partial charge on any atom is -0.380 e. The van der Waals surface area contributed by atoms with Gasteiger partial charge < -0.3 is 9.72 Å². The normalized spacial score (nSPS) is 23.5. The summed E-state index contributed by atoms with van der Waals surface area (Å²) in [5, 5.41) is -0.0749. The Labute approximate surface area is 76.8 Å². The molecule has 13 heavy (non-hydrogen) atoms. The lowest BCUT2D eigenvalue weighted by molar-refractivity contribution is 0.198.